The Labute approximate surface area is 50.6 Å². The van der Waals surface area contributed by atoms with E-state index in [1.54, 1.807) is 12.5 Å². The molecule has 0 fully saturated rings. The van der Waals surface area contributed by atoms with Gasteiger partial charge in [-0.05, 0) is 6.92 Å². The Balaban J connectivity index is 3.13. The third-order valence-corrected chi connectivity index (χ3v) is 1.52. The van der Waals surface area contributed by atoms with E-state index in [0.717, 1.165) is 11.0 Å². The van der Waals surface area contributed by atoms with E-state index in [1.807, 2.05) is 6.92 Å². The molecule has 1 rings (SSSR count). The van der Waals surface area contributed by atoms with Crippen molar-refractivity contribution in [2.24, 2.45) is 0 Å². The van der Waals surface area contributed by atoms with E-state index in [2.05, 4.69) is 19.2 Å². The highest BCUT2D eigenvalue weighted by molar-refractivity contribution is 7.27. The first-order valence-electron chi connectivity index (χ1n) is 2.33. The predicted octanol–water partition coefficient (Wildman–Crippen LogP) is 0.285. The van der Waals surface area contributed by atoms with Crippen LogP contribution >= 0.6 is 9.24 Å². The molecule has 0 aliphatic rings. The maximum atomic E-state index is 3.95. The molecule has 2 nitrogen and oxygen atoms in total. The first-order valence-corrected chi connectivity index (χ1v) is 2.90. The van der Waals surface area contributed by atoms with E-state index in [9.17, 15) is 0 Å². The lowest BCUT2D eigenvalue weighted by Crippen LogP contribution is -1.99. The van der Waals surface area contributed by atoms with Crippen molar-refractivity contribution in [1.29, 1.82) is 0 Å². The van der Waals surface area contributed by atoms with Gasteiger partial charge in [0.2, 0.25) is 0 Å². The summed E-state index contributed by atoms with van der Waals surface area (Å²) in [6, 6.07) is 0. The number of aryl methyl sites for hydroxylation is 1. The maximum Gasteiger partial charge on any atom is 0.115 e. The van der Waals surface area contributed by atoms with Gasteiger partial charge in [-0.1, -0.05) is 0 Å². The van der Waals surface area contributed by atoms with Gasteiger partial charge in [-0.25, -0.2) is 9.97 Å². The summed E-state index contributed by atoms with van der Waals surface area (Å²) in [6.45, 7) is 1.95. The molecule has 1 aromatic rings. The molecule has 1 heterocycles. The smallest absolute Gasteiger partial charge is 0.115 e. The Morgan fingerprint density at radius 3 is 2.75 bits per heavy atom. The van der Waals surface area contributed by atoms with Crippen LogP contribution in [0.1, 0.15) is 5.69 Å². The zero-order valence-electron chi connectivity index (χ0n) is 4.63. The van der Waals surface area contributed by atoms with Gasteiger partial charge < -0.3 is 0 Å². The molecule has 0 saturated carbocycles. The molecule has 0 radical (unpaired) electrons. The Hall–Kier alpha value is -0.490. The van der Waals surface area contributed by atoms with E-state index in [4.69, 9.17) is 0 Å². The molecule has 8 heavy (non-hydrogen) atoms. The molecule has 0 amide bonds. The fourth-order valence-corrected chi connectivity index (χ4v) is 0.562. The molecular formula is C5H7N2P. The van der Waals surface area contributed by atoms with Gasteiger partial charge in [0.1, 0.15) is 6.33 Å². The van der Waals surface area contributed by atoms with Crippen molar-refractivity contribution in [1.82, 2.24) is 9.97 Å². The van der Waals surface area contributed by atoms with Crippen LogP contribution in [0.2, 0.25) is 0 Å². The van der Waals surface area contributed by atoms with Crippen molar-refractivity contribution >= 4 is 14.5 Å². The average molecular weight is 126 g/mol. The molecule has 0 aromatic carbocycles. The van der Waals surface area contributed by atoms with Crippen LogP contribution in [0.3, 0.4) is 0 Å². The Morgan fingerprint density at radius 2 is 2.38 bits per heavy atom. The number of rotatable bonds is 0. The molecule has 0 aliphatic carbocycles. The van der Waals surface area contributed by atoms with Crippen molar-refractivity contribution in [2.45, 2.75) is 6.92 Å². The van der Waals surface area contributed by atoms with Gasteiger partial charge in [-0.2, -0.15) is 0 Å². The van der Waals surface area contributed by atoms with E-state index in [0.29, 0.717) is 0 Å². The summed E-state index contributed by atoms with van der Waals surface area (Å²) >= 11 is 0. The fourth-order valence-electron chi connectivity index (χ4n) is 0.402. The highest BCUT2D eigenvalue weighted by Gasteiger charge is 1.86. The van der Waals surface area contributed by atoms with Crippen LogP contribution in [-0.2, 0) is 0 Å². The van der Waals surface area contributed by atoms with Crippen LogP contribution in [0.4, 0.5) is 0 Å². The van der Waals surface area contributed by atoms with Crippen LogP contribution in [0.5, 0.6) is 0 Å². The van der Waals surface area contributed by atoms with Crippen LogP contribution in [0.15, 0.2) is 12.5 Å². The molecule has 0 N–H and O–H groups in total. The van der Waals surface area contributed by atoms with Crippen molar-refractivity contribution in [2.75, 3.05) is 0 Å². The molecule has 0 saturated heterocycles. The summed E-state index contributed by atoms with van der Waals surface area (Å²) in [7, 11) is 2.56. The minimum atomic E-state index is 1.02. The number of aromatic nitrogens is 2. The average Bonchev–Trinajstić information content (AvgIpc) is 1.77. The Morgan fingerprint density at radius 1 is 1.62 bits per heavy atom. The van der Waals surface area contributed by atoms with Crippen molar-refractivity contribution < 1.29 is 0 Å². The lowest BCUT2D eigenvalue weighted by atomic mass is 10.5. The summed E-state index contributed by atoms with van der Waals surface area (Å²) < 4.78 is 0. The topological polar surface area (TPSA) is 25.8 Å². The second-order valence-corrected chi connectivity index (χ2v) is 2.19. The molecule has 1 atom stereocenters. The van der Waals surface area contributed by atoms with Gasteiger partial charge in [-0.15, -0.1) is 9.24 Å². The van der Waals surface area contributed by atoms with Gasteiger partial charge in [0.25, 0.3) is 0 Å². The van der Waals surface area contributed by atoms with Crippen LogP contribution < -0.4 is 5.30 Å². The predicted molar refractivity (Wildman–Crippen MR) is 36.1 cm³/mol. The van der Waals surface area contributed by atoms with Crippen molar-refractivity contribution in [3.63, 3.8) is 0 Å². The molecule has 0 aliphatic heterocycles. The third kappa shape index (κ3) is 1.01. The van der Waals surface area contributed by atoms with Gasteiger partial charge in [0, 0.05) is 17.2 Å². The van der Waals surface area contributed by atoms with E-state index in [1.165, 1.54) is 0 Å². The van der Waals surface area contributed by atoms with Crippen LogP contribution in [0.25, 0.3) is 0 Å². The second-order valence-electron chi connectivity index (χ2n) is 1.56. The molecule has 0 spiro atoms. The van der Waals surface area contributed by atoms with Gasteiger partial charge in [0.15, 0.2) is 0 Å². The van der Waals surface area contributed by atoms with E-state index < -0.39 is 0 Å². The number of hydrogen-bond acceptors (Lipinski definition) is 2. The highest BCUT2D eigenvalue weighted by Crippen LogP contribution is 1.88. The first kappa shape index (κ1) is 5.64. The first-order chi connectivity index (χ1) is 3.80. The lowest BCUT2D eigenvalue weighted by molar-refractivity contribution is 1.12. The van der Waals surface area contributed by atoms with Gasteiger partial charge >= 0.3 is 0 Å². The fraction of sp³-hybridized carbons (Fsp3) is 0.200. The quantitative estimate of drug-likeness (QED) is 0.467. The normalized spacial score (nSPS) is 9.25. The third-order valence-electron chi connectivity index (χ3n) is 0.949. The van der Waals surface area contributed by atoms with Crippen LogP contribution in [0, 0.1) is 6.92 Å². The molecule has 42 valence electrons. The standard InChI is InChI=1S/C5H7N2P/c1-4-5(8)2-6-3-7-4/h2-3H,8H2,1H3. The van der Waals surface area contributed by atoms with Gasteiger partial charge in [0.05, 0.1) is 0 Å². The largest absolute Gasteiger partial charge is 0.244 e. The number of hydrogen-bond donors (Lipinski definition) is 0. The Kier molecular flexibility index (Phi) is 1.54. The lowest BCUT2D eigenvalue weighted by Gasteiger charge is -1.91. The van der Waals surface area contributed by atoms with Crippen LogP contribution in [-0.4, -0.2) is 9.97 Å². The summed E-state index contributed by atoms with van der Waals surface area (Å²) in [4.78, 5) is 7.76. The summed E-state index contributed by atoms with van der Waals surface area (Å²) in [5.74, 6) is 0. The summed E-state index contributed by atoms with van der Waals surface area (Å²) in [6.07, 6.45) is 3.32. The number of nitrogens with zero attached hydrogens (tertiary/aromatic N) is 2. The molecule has 0 bridgehead atoms. The summed E-state index contributed by atoms with van der Waals surface area (Å²) in [5.41, 5.74) is 1.02. The zero-order chi connectivity index (χ0) is 5.98. The van der Waals surface area contributed by atoms with Gasteiger partial charge in [-0.3, -0.25) is 0 Å². The second kappa shape index (κ2) is 2.19. The maximum absolute atomic E-state index is 3.95. The van der Waals surface area contributed by atoms with Crippen molar-refractivity contribution in [3.8, 4) is 0 Å². The molecule has 1 unspecified atom stereocenters. The zero-order valence-corrected chi connectivity index (χ0v) is 5.78. The monoisotopic (exact) mass is 126 g/mol. The molecular weight excluding hydrogens is 119 g/mol. The molecule has 3 heteroatoms. The summed E-state index contributed by atoms with van der Waals surface area (Å²) in [5, 5.41) is 1.06. The minimum absolute atomic E-state index is 1.02. The highest BCUT2D eigenvalue weighted by atomic mass is 31.0. The van der Waals surface area contributed by atoms with Crippen molar-refractivity contribution in [3.05, 3.63) is 18.2 Å². The minimum Gasteiger partial charge on any atom is -0.244 e. The Bertz CT molecular complexity index is 167. The van der Waals surface area contributed by atoms with E-state index >= 15 is 0 Å². The van der Waals surface area contributed by atoms with E-state index in [-0.39, 0.29) is 0 Å². The SMILES string of the molecule is Cc1ncncc1P. The molecule has 1 aromatic heterocycles.